The lowest BCUT2D eigenvalue weighted by Crippen LogP contribution is -2.39. The molecule has 1 fully saturated rings. The number of thiol groups is 1. The Morgan fingerprint density at radius 2 is 1.28 bits per heavy atom. The maximum Gasteiger partial charge on any atom is 0.409 e. The summed E-state index contributed by atoms with van der Waals surface area (Å²) in [5, 5.41) is 0.369. The van der Waals surface area contributed by atoms with Gasteiger partial charge in [-0.2, -0.15) is 12.6 Å². The fourth-order valence-corrected chi connectivity index (χ4v) is 2.67. The number of hydrogen-bond acceptors (Lipinski definition) is 9. The van der Waals surface area contributed by atoms with E-state index in [1.54, 1.807) is 4.90 Å². The van der Waals surface area contributed by atoms with Gasteiger partial charge in [0.05, 0.1) is 46.1 Å². The number of piperidine rings is 1. The summed E-state index contributed by atoms with van der Waals surface area (Å²) in [4.78, 5) is 35.5. The van der Waals surface area contributed by atoms with E-state index in [2.05, 4.69) is 12.6 Å². The number of nitrogens with zero attached hydrogens (tertiary/aromatic N) is 1. The van der Waals surface area contributed by atoms with Crippen molar-refractivity contribution in [1.82, 2.24) is 4.90 Å². The second kappa shape index (κ2) is 16.4. The molecule has 0 N–H and O–H groups in total. The molecule has 0 aromatic heterocycles. The summed E-state index contributed by atoms with van der Waals surface area (Å²) in [5.41, 5.74) is 0. The summed E-state index contributed by atoms with van der Waals surface area (Å²) in [6, 6.07) is 0. The van der Waals surface area contributed by atoms with Crippen molar-refractivity contribution < 1.29 is 38.1 Å². The summed E-state index contributed by atoms with van der Waals surface area (Å²) < 4.78 is 26.0. The largest absolute Gasteiger partial charge is 0.463 e. The van der Waals surface area contributed by atoms with Crippen molar-refractivity contribution in [2.45, 2.75) is 37.9 Å². The second-order valence-corrected chi connectivity index (χ2v) is 7.32. The number of amides is 1. The average Bonchev–Trinajstić information content (AvgIpc) is 2.70. The van der Waals surface area contributed by atoms with E-state index in [9.17, 15) is 14.4 Å². The topological polar surface area (TPSA) is 101 Å². The maximum absolute atomic E-state index is 11.8. The first-order valence-corrected chi connectivity index (χ1v) is 10.5. The number of rotatable bonds is 15. The van der Waals surface area contributed by atoms with Crippen LogP contribution in [0.2, 0.25) is 0 Å². The lowest BCUT2D eigenvalue weighted by molar-refractivity contribution is -0.146. The molecule has 168 valence electrons. The molecule has 0 spiro atoms. The zero-order chi connectivity index (χ0) is 21.3. The molecule has 1 aliphatic heterocycles. The Bertz CT molecular complexity index is 483. The van der Waals surface area contributed by atoms with Gasteiger partial charge < -0.3 is 33.4 Å². The third kappa shape index (κ3) is 14.3. The molecule has 0 aromatic carbocycles. The summed E-state index contributed by atoms with van der Waals surface area (Å²) in [5.74, 6) is -0.435. The summed E-state index contributed by atoms with van der Waals surface area (Å²) >= 11 is 4.40. The van der Waals surface area contributed by atoms with Crippen LogP contribution >= 0.6 is 12.6 Å². The van der Waals surface area contributed by atoms with Gasteiger partial charge in [-0.15, -0.1) is 0 Å². The van der Waals surface area contributed by atoms with Crippen LogP contribution in [0.25, 0.3) is 0 Å². The van der Waals surface area contributed by atoms with Crippen molar-refractivity contribution in [1.29, 1.82) is 0 Å². The van der Waals surface area contributed by atoms with E-state index in [0.717, 1.165) is 12.8 Å². The number of ketones is 1. The Hall–Kier alpha value is -1.36. The Morgan fingerprint density at radius 3 is 1.79 bits per heavy atom. The fourth-order valence-electron chi connectivity index (χ4n) is 2.43. The molecule has 0 unspecified atom stereocenters. The highest BCUT2D eigenvalue weighted by Gasteiger charge is 2.21. The van der Waals surface area contributed by atoms with E-state index < -0.39 is 5.97 Å². The SMILES string of the molecule is CC(=O)CCC(=O)OCCOCCOCCOCCOC(=O)N1CCC(S)CC1. The summed E-state index contributed by atoms with van der Waals surface area (Å²) in [6.07, 6.45) is 1.79. The number of hydrogen-bond donors (Lipinski definition) is 1. The minimum atomic E-state index is -0.398. The van der Waals surface area contributed by atoms with Gasteiger partial charge in [-0.3, -0.25) is 4.79 Å². The minimum absolute atomic E-state index is 0.0370. The van der Waals surface area contributed by atoms with Crippen LogP contribution in [-0.2, 0) is 33.3 Å². The van der Waals surface area contributed by atoms with E-state index in [1.165, 1.54) is 6.92 Å². The van der Waals surface area contributed by atoms with Crippen LogP contribution in [0.1, 0.15) is 32.6 Å². The van der Waals surface area contributed by atoms with Crippen molar-refractivity contribution in [3.05, 3.63) is 0 Å². The van der Waals surface area contributed by atoms with Crippen LogP contribution in [0.15, 0.2) is 0 Å². The molecule has 9 nitrogen and oxygen atoms in total. The fraction of sp³-hybridized carbons (Fsp3) is 0.842. The number of Topliss-reactive ketones (excluding diaryl/α,β-unsaturated/α-hetero) is 1. The van der Waals surface area contributed by atoms with Crippen LogP contribution in [0.5, 0.6) is 0 Å². The van der Waals surface area contributed by atoms with Crippen molar-refractivity contribution in [2.24, 2.45) is 0 Å². The third-order valence-electron chi connectivity index (χ3n) is 4.09. The zero-order valence-electron chi connectivity index (χ0n) is 17.1. The molecule has 10 heteroatoms. The summed E-state index contributed by atoms with van der Waals surface area (Å²) in [6.45, 7) is 5.38. The number of carbonyl (C=O) groups is 3. The Kier molecular flexibility index (Phi) is 14.6. The molecule has 1 heterocycles. The van der Waals surface area contributed by atoms with Crippen molar-refractivity contribution in [3.8, 4) is 0 Å². The summed E-state index contributed by atoms with van der Waals surface area (Å²) in [7, 11) is 0. The molecule has 0 atom stereocenters. The number of ether oxygens (including phenoxy) is 5. The molecule has 0 aliphatic carbocycles. The van der Waals surface area contributed by atoms with Crippen LogP contribution in [0, 0.1) is 0 Å². The molecule has 0 bridgehead atoms. The zero-order valence-corrected chi connectivity index (χ0v) is 18.0. The minimum Gasteiger partial charge on any atom is -0.463 e. The first kappa shape index (κ1) is 25.7. The van der Waals surface area contributed by atoms with Crippen molar-refractivity contribution in [2.75, 3.05) is 65.9 Å². The number of carbonyl (C=O) groups excluding carboxylic acids is 3. The second-order valence-electron chi connectivity index (χ2n) is 6.59. The van der Waals surface area contributed by atoms with Gasteiger partial charge in [0.25, 0.3) is 0 Å². The lowest BCUT2D eigenvalue weighted by atomic mass is 10.1. The quantitative estimate of drug-likeness (QED) is 0.235. The Morgan fingerprint density at radius 1 is 0.793 bits per heavy atom. The lowest BCUT2D eigenvalue weighted by Gasteiger charge is -2.28. The molecule has 1 amide bonds. The normalized spacial score (nSPS) is 14.6. The highest BCUT2D eigenvalue weighted by molar-refractivity contribution is 7.80. The Balaban J connectivity index is 1.79. The Labute approximate surface area is 177 Å². The van der Waals surface area contributed by atoms with Gasteiger partial charge in [0.1, 0.15) is 19.0 Å². The van der Waals surface area contributed by atoms with Gasteiger partial charge in [-0.25, -0.2) is 4.79 Å². The van der Waals surface area contributed by atoms with E-state index in [1.807, 2.05) is 0 Å². The van der Waals surface area contributed by atoms with E-state index in [-0.39, 0.29) is 44.5 Å². The molecule has 0 saturated carbocycles. The number of esters is 1. The third-order valence-corrected chi connectivity index (χ3v) is 4.61. The van der Waals surface area contributed by atoms with E-state index >= 15 is 0 Å². The van der Waals surface area contributed by atoms with Gasteiger partial charge in [-0.05, 0) is 19.8 Å². The van der Waals surface area contributed by atoms with Gasteiger partial charge in [0.15, 0.2) is 0 Å². The van der Waals surface area contributed by atoms with Crippen LogP contribution < -0.4 is 0 Å². The van der Waals surface area contributed by atoms with E-state index in [4.69, 9.17) is 23.7 Å². The van der Waals surface area contributed by atoms with Crippen LogP contribution in [0.4, 0.5) is 4.79 Å². The first-order chi connectivity index (χ1) is 14.0. The molecule has 29 heavy (non-hydrogen) atoms. The monoisotopic (exact) mass is 435 g/mol. The van der Waals surface area contributed by atoms with Gasteiger partial charge in [0.2, 0.25) is 0 Å². The molecular formula is C19H33NO8S. The number of likely N-dealkylation sites (tertiary alicyclic amines) is 1. The van der Waals surface area contributed by atoms with Crippen LogP contribution in [0.3, 0.4) is 0 Å². The van der Waals surface area contributed by atoms with Crippen LogP contribution in [-0.4, -0.2) is 93.9 Å². The highest BCUT2D eigenvalue weighted by Crippen LogP contribution is 2.15. The molecule has 1 saturated heterocycles. The molecule has 0 radical (unpaired) electrons. The van der Waals surface area contributed by atoms with Crippen molar-refractivity contribution in [3.63, 3.8) is 0 Å². The first-order valence-electron chi connectivity index (χ1n) is 9.97. The molecule has 0 aromatic rings. The molecular weight excluding hydrogens is 402 g/mol. The maximum atomic E-state index is 11.8. The molecule has 1 rings (SSSR count). The van der Waals surface area contributed by atoms with Gasteiger partial charge >= 0.3 is 12.1 Å². The van der Waals surface area contributed by atoms with Crippen molar-refractivity contribution >= 4 is 30.5 Å². The molecule has 1 aliphatic rings. The van der Waals surface area contributed by atoms with E-state index in [0.29, 0.717) is 51.4 Å². The standard InChI is InChI=1S/C19H33NO8S/c1-16(21)2-3-18(22)27-14-12-25-10-8-24-9-11-26-13-15-28-19(23)20-6-4-17(29)5-7-20/h17,29H,2-15H2,1H3. The van der Waals surface area contributed by atoms with Gasteiger partial charge in [-0.1, -0.05) is 0 Å². The smallest absolute Gasteiger partial charge is 0.409 e. The predicted octanol–water partition coefficient (Wildman–Crippen LogP) is 1.48. The highest BCUT2D eigenvalue weighted by atomic mass is 32.1. The predicted molar refractivity (Wildman–Crippen MR) is 108 cm³/mol. The van der Waals surface area contributed by atoms with Gasteiger partial charge in [0, 0.05) is 24.8 Å². The average molecular weight is 436 g/mol.